The van der Waals surface area contributed by atoms with Crippen LogP contribution >= 0.6 is 11.6 Å². The number of halogens is 1. The van der Waals surface area contributed by atoms with Crippen molar-refractivity contribution in [2.24, 2.45) is 0 Å². The van der Waals surface area contributed by atoms with E-state index in [1.54, 1.807) is 31.4 Å². The predicted octanol–water partition coefficient (Wildman–Crippen LogP) is 2.20. The number of nitrogens with zero attached hydrogens (tertiary/aromatic N) is 3. The van der Waals surface area contributed by atoms with Gasteiger partial charge >= 0.3 is 0 Å². The van der Waals surface area contributed by atoms with Crippen molar-refractivity contribution in [1.29, 1.82) is 0 Å². The molecule has 0 radical (unpaired) electrons. The number of anilines is 1. The van der Waals surface area contributed by atoms with Gasteiger partial charge in [0.1, 0.15) is 5.75 Å². The number of carbonyl (C=O) groups is 1. The molecule has 2 N–H and O–H groups in total. The standard InChI is InChI=1S/C18H21ClN4O3/c1-26-13-6-4-12(5-7-13)15(24)11-20-17(25)16-14(19)10-21-18(22-16)23-8-2-3-9-23/h4-7,10,15,24H,2-3,8-9,11H2,1H3,(H,20,25). The number of ether oxygens (including phenoxy) is 1. The summed E-state index contributed by atoms with van der Waals surface area (Å²) in [5.41, 5.74) is 0.795. The smallest absolute Gasteiger partial charge is 0.271 e. The Morgan fingerprint density at radius 3 is 2.69 bits per heavy atom. The van der Waals surface area contributed by atoms with Crippen molar-refractivity contribution in [3.05, 3.63) is 46.7 Å². The number of hydrogen-bond donors (Lipinski definition) is 2. The molecule has 1 amide bonds. The Bertz CT molecular complexity index is 764. The van der Waals surface area contributed by atoms with Gasteiger partial charge in [0.2, 0.25) is 5.95 Å². The van der Waals surface area contributed by atoms with Crippen molar-refractivity contribution in [3.63, 3.8) is 0 Å². The number of nitrogens with one attached hydrogen (secondary N) is 1. The first kappa shape index (κ1) is 18.4. The molecule has 0 bridgehead atoms. The number of amides is 1. The highest BCUT2D eigenvalue weighted by molar-refractivity contribution is 6.33. The second-order valence-corrected chi connectivity index (χ2v) is 6.47. The molecule has 1 atom stereocenters. The highest BCUT2D eigenvalue weighted by atomic mass is 35.5. The first-order valence-electron chi connectivity index (χ1n) is 8.46. The lowest BCUT2D eigenvalue weighted by Crippen LogP contribution is -2.30. The van der Waals surface area contributed by atoms with Gasteiger partial charge < -0.3 is 20.1 Å². The van der Waals surface area contributed by atoms with E-state index in [0.29, 0.717) is 17.3 Å². The first-order chi connectivity index (χ1) is 12.6. The van der Waals surface area contributed by atoms with Crippen LogP contribution in [0.5, 0.6) is 5.75 Å². The van der Waals surface area contributed by atoms with E-state index in [0.717, 1.165) is 25.9 Å². The molecule has 3 rings (SSSR count). The summed E-state index contributed by atoms with van der Waals surface area (Å²) in [6.07, 6.45) is 2.77. The number of aromatic nitrogens is 2. The number of methoxy groups -OCH3 is 1. The fraction of sp³-hybridized carbons (Fsp3) is 0.389. The van der Waals surface area contributed by atoms with Gasteiger partial charge in [-0.1, -0.05) is 23.7 Å². The highest BCUT2D eigenvalue weighted by Gasteiger charge is 2.20. The Balaban J connectivity index is 1.64. The van der Waals surface area contributed by atoms with Crippen LogP contribution in [-0.2, 0) is 0 Å². The van der Waals surface area contributed by atoms with Crippen LogP contribution in [0.4, 0.5) is 5.95 Å². The van der Waals surface area contributed by atoms with Crippen LogP contribution in [-0.4, -0.2) is 47.7 Å². The van der Waals surface area contributed by atoms with Gasteiger partial charge in [-0.15, -0.1) is 0 Å². The zero-order chi connectivity index (χ0) is 18.5. The summed E-state index contributed by atoms with van der Waals surface area (Å²) in [6, 6.07) is 7.01. The Kier molecular flexibility index (Phi) is 5.90. The van der Waals surface area contributed by atoms with Crippen molar-refractivity contribution in [1.82, 2.24) is 15.3 Å². The van der Waals surface area contributed by atoms with Crippen molar-refractivity contribution < 1.29 is 14.6 Å². The Morgan fingerprint density at radius 1 is 1.35 bits per heavy atom. The molecule has 1 aromatic carbocycles. The largest absolute Gasteiger partial charge is 0.497 e. The Hall–Kier alpha value is -2.38. The minimum absolute atomic E-state index is 0.0462. The molecular formula is C18H21ClN4O3. The van der Waals surface area contributed by atoms with Gasteiger partial charge in [-0.2, -0.15) is 0 Å². The molecule has 26 heavy (non-hydrogen) atoms. The fourth-order valence-corrected chi connectivity index (χ4v) is 2.98. The summed E-state index contributed by atoms with van der Waals surface area (Å²) in [4.78, 5) is 23.0. The monoisotopic (exact) mass is 376 g/mol. The summed E-state index contributed by atoms with van der Waals surface area (Å²) in [7, 11) is 1.58. The van der Waals surface area contributed by atoms with Gasteiger partial charge in [0.25, 0.3) is 5.91 Å². The minimum Gasteiger partial charge on any atom is -0.497 e. The molecular weight excluding hydrogens is 356 g/mol. The summed E-state index contributed by atoms with van der Waals surface area (Å²) in [6.45, 7) is 1.79. The van der Waals surface area contributed by atoms with Gasteiger partial charge in [0, 0.05) is 19.6 Å². The summed E-state index contributed by atoms with van der Waals surface area (Å²) in [5, 5.41) is 13.1. The molecule has 138 valence electrons. The SMILES string of the molecule is COc1ccc(C(O)CNC(=O)c2nc(N3CCCC3)ncc2Cl)cc1. The van der Waals surface area contributed by atoms with E-state index in [1.165, 1.54) is 6.20 Å². The van der Waals surface area contributed by atoms with Crippen molar-refractivity contribution in [2.45, 2.75) is 18.9 Å². The average molecular weight is 377 g/mol. The molecule has 0 spiro atoms. The zero-order valence-corrected chi connectivity index (χ0v) is 15.2. The third-order valence-corrected chi connectivity index (χ3v) is 4.57. The molecule has 1 aliphatic rings. The topological polar surface area (TPSA) is 87.6 Å². The Morgan fingerprint density at radius 2 is 2.04 bits per heavy atom. The van der Waals surface area contributed by atoms with Gasteiger partial charge in [-0.3, -0.25) is 4.79 Å². The van der Waals surface area contributed by atoms with E-state index < -0.39 is 12.0 Å². The van der Waals surface area contributed by atoms with Gasteiger partial charge in [-0.05, 0) is 30.5 Å². The molecule has 0 saturated carbocycles. The summed E-state index contributed by atoms with van der Waals surface area (Å²) >= 11 is 6.08. The quantitative estimate of drug-likeness (QED) is 0.803. The highest BCUT2D eigenvalue weighted by Crippen LogP contribution is 2.20. The van der Waals surface area contributed by atoms with Crippen molar-refractivity contribution >= 4 is 23.5 Å². The number of aliphatic hydroxyl groups excluding tert-OH is 1. The molecule has 1 saturated heterocycles. The van der Waals surface area contributed by atoms with E-state index >= 15 is 0 Å². The number of hydrogen-bond acceptors (Lipinski definition) is 6. The van der Waals surface area contributed by atoms with E-state index in [1.807, 2.05) is 4.90 Å². The van der Waals surface area contributed by atoms with E-state index in [2.05, 4.69) is 15.3 Å². The second-order valence-electron chi connectivity index (χ2n) is 6.06. The summed E-state index contributed by atoms with van der Waals surface area (Å²) < 4.78 is 5.09. The zero-order valence-electron chi connectivity index (χ0n) is 14.5. The lowest BCUT2D eigenvalue weighted by atomic mass is 10.1. The lowest BCUT2D eigenvalue weighted by Gasteiger charge is -2.16. The van der Waals surface area contributed by atoms with Crippen LogP contribution in [0, 0.1) is 0 Å². The van der Waals surface area contributed by atoms with Crippen LogP contribution < -0.4 is 15.0 Å². The van der Waals surface area contributed by atoms with Crippen LogP contribution in [0.2, 0.25) is 5.02 Å². The molecule has 1 unspecified atom stereocenters. The van der Waals surface area contributed by atoms with Crippen LogP contribution in [0.15, 0.2) is 30.5 Å². The van der Waals surface area contributed by atoms with Crippen molar-refractivity contribution in [2.75, 3.05) is 31.6 Å². The van der Waals surface area contributed by atoms with Crippen LogP contribution in [0.3, 0.4) is 0 Å². The van der Waals surface area contributed by atoms with E-state index in [9.17, 15) is 9.90 Å². The third-order valence-electron chi connectivity index (χ3n) is 4.29. The number of benzene rings is 1. The third kappa shape index (κ3) is 4.23. The minimum atomic E-state index is -0.844. The predicted molar refractivity (Wildman–Crippen MR) is 98.8 cm³/mol. The molecule has 1 fully saturated rings. The molecule has 8 heteroatoms. The molecule has 0 aliphatic carbocycles. The molecule has 2 heterocycles. The van der Waals surface area contributed by atoms with E-state index in [4.69, 9.17) is 16.3 Å². The fourth-order valence-electron chi connectivity index (χ4n) is 2.80. The maximum Gasteiger partial charge on any atom is 0.271 e. The first-order valence-corrected chi connectivity index (χ1v) is 8.84. The van der Waals surface area contributed by atoms with Gasteiger partial charge in [0.15, 0.2) is 5.69 Å². The maximum atomic E-state index is 12.4. The van der Waals surface area contributed by atoms with Crippen LogP contribution in [0.25, 0.3) is 0 Å². The Labute approximate surface area is 157 Å². The molecule has 1 aromatic heterocycles. The maximum absolute atomic E-state index is 12.4. The van der Waals surface area contributed by atoms with Crippen molar-refractivity contribution in [3.8, 4) is 5.75 Å². The second kappa shape index (κ2) is 8.33. The normalized spacial score (nSPS) is 15.0. The number of rotatable bonds is 6. The molecule has 2 aromatic rings. The van der Waals surface area contributed by atoms with Gasteiger partial charge in [0.05, 0.1) is 24.4 Å². The van der Waals surface area contributed by atoms with Gasteiger partial charge in [-0.25, -0.2) is 9.97 Å². The lowest BCUT2D eigenvalue weighted by molar-refractivity contribution is 0.0911. The number of carbonyl (C=O) groups excluding carboxylic acids is 1. The van der Waals surface area contributed by atoms with Crippen LogP contribution in [0.1, 0.15) is 35.0 Å². The van der Waals surface area contributed by atoms with E-state index in [-0.39, 0.29) is 17.3 Å². The number of aliphatic hydroxyl groups is 1. The molecule has 1 aliphatic heterocycles. The molecule has 7 nitrogen and oxygen atoms in total. The average Bonchev–Trinajstić information content (AvgIpc) is 3.21. The summed E-state index contributed by atoms with van der Waals surface area (Å²) in [5.74, 6) is 0.769.